The summed E-state index contributed by atoms with van der Waals surface area (Å²) in [5.74, 6) is 6.59. The van der Waals surface area contributed by atoms with Gasteiger partial charge < -0.3 is 24.0 Å². The van der Waals surface area contributed by atoms with E-state index in [1.54, 1.807) is 39.5 Å². The molecule has 0 N–H and O–H groups in total. The highest BCUT2D eigenvalue weighted by Crippen LogP contribution is 2.70. The molecule has 15 aliphatic rings. The van der Waals surface area contributed by atoms with E-state index in [1.807, 2.05) is 6.08 Å². The van der Waals surface area contributed by atoms with Crippen molar-refractivity contribution in [2.75, 3.05) is 0 Å². The summed E-state index contributed by atoms with van der Waals surface area (Å²) in [7, 11) is 0. The van der Waals surface area contributed by atoms with E-state index in [0.717, 1.165) is 62.2 Å². The maximum Gasteiger partial charge on any atom is 0.101 e. The normalized spacial score (nSPS) is 41.8. The Morgan fingerprint density at radius 2 is 1.46 bits per heavy atom. The molecule has 13 aliphatic carbocycles. The highest BCUT2D eigenvalue weighted by molar-refractivity contribution is 5.47. The lowest BCUT2D eigenvalue weighted by atomic mass is 9.53. The molecule has 5 saturated carbocycles. The van der Waals surface area contributed by atoms with Crippen LogP contribution in [0.2, 0.25) is 0 Å². The van der Waals surface area contributed by atoms with Gasteiger partial charge in [0.2, 0.25) is 0 Å². The van der Waals surface area contributed by atoms with Crippen molar-refractivity contribution in [3.63, 3.8) is 0 Å². The Labute approximate surface area is 495 Å². The number of hydrogen-bond acceptors (Lipinski definition) is 5. The summed E-state index contributed by atoms with van der Waals surface area (Å²) in [6, 6.07) is 0.998. The lowest BCUT2D eigenvalue weighted by Crippen LogP contribution is -2.47. The van der Waals surface area contributed by atoms with E-state index in [-0.39, 0.29) is 23.7 Å². The lowest BCUT2D eigenvalue weighted by Gasteiger charge is -2.52. The molecule has 82 heavy (non-hydrogen) atoms. The summed E-state index contributed by atoms with van der Waals surface area (Å²) in [5.41, 5.74) is 13.2. The standard InChI is InChI=1S/C77H102N2O3/c1-3-51-26-38-60(39-27-51)80-62-42-33-56(34-43-62)77(55-16-7-5-8-17-55)70-23-13-11-20-64(70)65-45-37-59(49-71(65)77)78(74-24-15-22-67-66-21-12-14-25-75(66)82-76(67)74)58-35-30-53(31-36-58)54-32-46-72-68(48-54)69-50-63(81-61-40-28-52(4-2)29-41-61)44-47-73(69)79(72)57-18-9-6-10-19-57/h3-4,12,14,21-22,25-26,32-35,42,46-47,49,52-55,57,60-66,69-71,74-76H,1-2,5-11,13,15-20,23-24,27-31,36-41,43-45,48,50H2. The van der Waals surface area contributed by atoms with E-state index >= 15 is 0 Å². The van der Waals surface area contributed by atoms with Crippen LogP contribution in [-0.4, -0.2) is 58.5 Å². The zero-order valence-corrected chi connectivity index (χ0v) is 50.3. The van der Waals surface area contributed by atoms with Crippen LogP contribution in [0.3, 0.4) is 0 Å². The fourth-order valence-corrected chi connectivity index (χ4v) is 21.5. The summed E-state index contributed by atoms with van der Waals surface area (Å²) in [6.45, 7) is 8.20. The highest BCUT2D eigenvalue weighted by Gasteiger charge is 2.64. The molecule has 2 heterocycles. The second-order valence-corrected chi connectivity index (χ2v) is 29.3. The summed E-state index contributed by atoms with van der Waals surface area (Å²) < 4.78 is 21.4. The van der Waals surface area contributed by atoms with Gasteiger partial charge in [0.15, 0.2) is 0 Å². The van der Waals surface area contributed by atoms with E-state index in [9.17, 15) is 0 Å². The Morgan fingerprint density at radius 1 is 0.646 bits per heavy atom. The van der Waals surface area contributed by atoms with Crippen molar-refractivity contribution >= 4 is 0 Å². The third-order valence-corrected chi connectivity index (χ3v) is 25.3. The van der Waals surface area contributed by atoms with Crippen LogP contribution in [0.4, 0.5) is 0 Å². The lowest BCUT2D eigenvalue weighted by molar-refractivity contribution is -0.0426. The first-order valence-corrected chi connectivity index (χ1v) is 35.0. The fraction of sp³-hybridized carbons (Fsp3) is 0.662. The maximum atomic E-state index is 7.35. The molecule has 0 spiro atoms. The zero-order chi connectivity index (χ0) is 54.7. The molecule has 0 aromatic heterocycles. The van der Waals surface area contributed by atoms with E-state index in [1.165, 1.54) is 173 Å². The first-order valence-electron chi connectivity index (χ1n) is 35.0. The van der Waals surface area contributed by atoms with Crippen molar-refractivity contribution < 1.29 is 14.2 Å². The van der Waals surface area contributed by atoms with Gasteiger partial charge in [-0.1, -0.05) is 155 Å². The predicted octanol–water partition coefficient (Wildman–Crippen LogP) is 18.7. The molecule has 5 heteroatoms. The van der Waals surface area contributed by atoms with E-state index in [2.05, 4.69) is 114 Å². The monoisotopic (exact) mass is 1100 g/mol. The molecule has 2 aliphatic heterocycles. The molecule has 5 nitrogen and oxygen atoms in total. The van der Waals surface area contributed by atoms with Gasteiger partial charge in [0.1, 0.15) is 6.10 Å². The van der Waals surface area contributed by atoms with Crippen LogP contribution in [-0.2, 0) is 14.2 Å². The molecule has 6 fully saturated rings. The van der Waals surface area contributed by atoms with Crippen molar-refractivity contribution in [3.8, 4) is 0 Å². The SMILES string of the molecule is C=CC1=CCC(OC2C=CC(C3(C4CCCCC4)C4C=C(N(C5=CCC(C6C=CC7=C(C6)C6CC(OC8CCC(C=C)CC8)CC=C6N7C6CCCCC6)CC5)C5CCC=C6C7C=CC=CC7OC65)CCC4C4CCCCC43)=CC2)CC1. The number of ether oxygens (including phenoxy) is 3. The van der Waals surface area contributed by atoms with Crippen molar-refractivity contribution in [1.29, 1.82) is 0 Å². The highest BCUT2D eigenvalue weighted by atomic mass is 16.5. The van der Waals surface area contributed by atoms with E-state index in [4.69, 9.17) is 14.2 Å². The van der Waals surface area contributed by atoms with E-state index < -0.39 is 0 Å². The molecule has 0 radical (unpaired) electrons. The largest absolute Gasteiger partial charge is 0.375 e. The third kappa shape index (κ3) is 10.0. The van der Waals surface area contributed by atoms with Gasteiger partial charge in [-0.05, 0) is 224 Å². The summed E-state index contributed by atoms with van der Waals surface area (Å²) in [6.07, 6.45) is 82.7. The molecule has 1 saturated heterocycles. The number of rotatable bonds is 13. The Morgan fingerprint density at radius 3 is 2.26 bits per heavy atom. The summed E-state index contributed by atoms with van der Waals surface area (Å²) >= 11 is 0. The minimum absolute atomic E-state index is 0.139. The van der Waals surface area contributed by atoms with Crippen molar-refractivity contribution in [1.82, 2.24) is 9.80 Å². The molecule has 15 rings (SSSR count). The van der Waals surface area contributed by atoms with Crippen LogP contribution < -0.4 is 0 Å². The number of fused-ring (bicyclic) bond motifs is 8. The molecular weight excluding hydrogens is 1000 g/mol. The van der Waals surface area contributed by atoms with Crippen LogP contribution in [0.1, 0.15) is 205 Å². The minimum atomic E-state index is 0.139. The predicted molar refractivity (Wildman–Crippen MR) is 335 cm³/mol. The average Bonchev–Trinajstić information content (AvgIpc) is 4.01. The number of nitrogens with zero attached hydrogens (tertiary/aromatic N) is 2. The van der Waals surface area contributed by atoms with Gasteiger partial charge in [-0.3, -0.25) is 0 Å². The van der Waals surface area contributed by atoms with Crippen molar-refractivity contribution in [3.05, 3.63) is 155 Å². The quantitative estimate of drug-likeness (QED) is 0.172. The first-order chi connectivity index (χ1) is 40.5. The minimum Gasteiger partial charge on any atom is -0.375 e. The Hall–Kier alpha value is -3.90. The van der Waals surface area contributed by atoms with Gasteiger partial charge in [0, 0.05) is 46.1 Å². The van der Waals surface area contributed by atoms with Crippen LogP contribution >= 0.6 is 0 Å². The van der Waals surface area contributed by atoms with Gasteiger partial charge in [-0.2, -0.15) is 0 Å². The van der Waals surface area contributed by atoms with Gasteiger partial charge >= 0.3 is 0 Å². The van der Waals surface area contributed by atoms with Gasteiger partial charge in [0.05, 0.1) is 36.6 Å². The Balaban J connectivity index is 0.737. The van der Waals surface area contributed by atoms with Gasteiger partial charge in [-0.15, -0.1) is 6.58 Å². The third-order valence-electron chi connectivity index (χ3n) is 25.3. The van der Waals surface area contributed by atoms with Crippen LogP contribution in [0.5, 0.6) is 0 Å². The molecule has 0 amide bonds. The number of allylic oxidation sites excluding steroid dienone is 15. The molecule has 438 valence electrons. The molecule has 15 unspecified atom stereocenters. The van der Waals surface area contributed by atoms with Crippen molar-refractivity contribution in [2.24, 2.45) is 64.6 Å². The topological polar surface area (TPSA) is 34.2 Å². The smallest absolute Gasteiger partial charge is 0.101 e. The average molecular weight is 1100 g/mol. The first kappa shape index (κ1) is 54.7. The molecule has 0 bridgehead atoms. The molecule has 0 aromatic carbocycles. The fourth-order valence-electron chi connectivity index (χ4n) is 21.5. The Kier molecular flexibility index (Phi) is 15.9. The second-order valence-electron chi connectivity index (χ2n) is 29.3. The summed E-state index contributed by atoms with van der Waals surface area (Å²) in [5, 5.41) is 0. The Bertz CT molecular complexity index is 2750. The maximum absolute atomic E-state index is 7.35. The molecule has 15 atom stereocenters. The van der Waals surface area contributed by atoms with Crippen LogP contribution in [0, 0.1) is 64.6 Å². The van der Waals surface area contributed by atoms with Gasteiger partial charge in [0.25, 0.3) is 0 Å². The van der Waals surface area contributed by atoms with Gasteiger partial charge in [-0.25, -0.2) is 0 Å². The molecular formula is C77H102N2O3. The second kappa shape index (κ2) is 23.8. The van der Waals surface area contributed by atoms with Crippen LogP contribution in [0.25, 0.3) is 0 Å². The summed E-state index contributed by atoms with van der Waals surface area (Å²) in [4.78, 5) is 5.95. The zero-order valence-electron chi connectivity index (χ0n) is 50.3. The number of hydrogen-bond donors (Lipinski definition) is 0. The van der Waals surface area contributed by atoms with E-state index in [0.29, 0.717) is 65.9 Å². The molecule has 0 aromatic rings. The van der Waals surface area contributed by atoms with Crippen LogP contribution in [0.15, 0.2) is 155 Å². The van der Waals surface area contributed by atoms with Crippen molar-refractivity contribution in [2.45, 2.75) is 254 Å².